The number of nitrogens with zero attached hydrogens (tertiary/aromatic N) is 3. The third-order valence-corrected chi connectivity index (χ3v) is 5.23. The molecule has 3 rings (SSSR count). The summed E-state index contributed by atoms with van der Waals surface area (Å²) >= 11 is 6.12. The van der Waals surface area contributed by atoms with Gasteiger partial charge >= 0.3 is 0 Å². The van der Waals surface area contributed by atoms with E-state index in [1.54, 1.807) is 15.6 Å². The molecule has 0 unspecified atom stereocenters. The van der Waals surface area contributed by atoms with E-state index >= 15 is 0 Å². The van der Waals surface area contributed by atoms with Gasteiger partial charge in [0.05, 0.1) is 24.7 Å². The summed E-state index contributed by atoms with van der Waals surface area (Å²) in [6, 6.07) is 5.69. The molecule has 0 spiro atoms. The molecule has 1 saturated heterocycles. The van der Waals surface area contributed by atoms with Crippen LogP contribution in [0.1, 0.15) is 23.4 Å². The number of aryl methyl sites for hydroxylation is 2. The van der Waals surface area contributed by atoms with E-state index in [0.717, 1.165) is 11.4 Å². The van der Waals surface area contributed by atoms with E-state index < -0.39 is 11.9 Å². The Labute approximate surface area is 167 Å². The molecule has 2 N–H and O–H groups in total. The minimum atomic E-state index is -0.685. The van der Waals surface area contributed by atoms with Crippen molar-refractivity contribution in [3.8, 4) is 0 Å². The average molecular weight is 408 g/mol. The lowest BCUT2D eigenvalue weighted by atomic mass is 10.1. The highest BCUT2D eigenvalue weighted by Crippen LogP contribution is 2.23. The van der Waals surface area contributed by atoms with Gasteiger partial charge in [0, 0.05) is 43.0 Å². The summed E-state index contributed by atoms with van der Waals surface area (Å²) in [7, 11) is 1.83. The van der Waals surface area contributed by atoms with Crippen molar-refractivity contribution >= 4 is 23.4 Å². The van der Waals surface area contributed by atoms with Crippen molar-refractivity contribution in [2.45, 2.75) is 32.5 Å². The fraction of sp³-hybridized carbons (Fsp3) is 0.421. The number of carbonyl (C=O) groups excluding carboxylic acids is 2. The first-order chi connectivity index (χ1) is 13.3. The van der Waals surface area contributed by atoms with Crippen LogP contribution < -0.4 is 10.6 Å². The Morgan fingerprint density at radius 3 is 2.93 bits per heavy atom. The van der Waals surface area contributed by atoms with E-state index in [1.807, 2.05) is 20.0 Å². The van der Waals surface area contributed by atoms with E-state index in [1.165, 1.54) is 12.1 Å². The number of carbonyl (C=O) groups is 2. The molecule has 2 amide bonds. The maximum absolute atomic E-state index is 14.1. The minimum Gasteiger partial charge on any atom is -0.353 e. The summed E-state index contributed by atoms with van der Waals surface area (Å²) in [4.78, 5) is 26.5. The molecule has 2 aromatic rings. The Hall–Kier alpha value is -2.45. The maximum Gasteiger partial charge on any atom is 0.237 e. The Morgan fingerprint density at radius 1 is 1.46 bits per heavy atom. The third kappa shape index (κ3) is 4.69. The second-order valence-electron chi connectivity index (χ2n) is 6.86. The molecule has 2 heterocycles. The lowest BCUT2D eigenvalue weighted by Gasteiger charge is -2.34. The summed E-state index contributed by atoms with van der Waals surface area (Å²) in [5, 5.41) is 10.2. The van der Waals surface area contributed by atoms with Crippen LogP contribution in [0.5, 0.6) is 0 Å². The predicted octanol–water partition coefficient (Wildman–Crippen LogP) is 1.53. The standard InChI is InChI=1S/C19H23ClFN5O2/c1-12-8-13(24-25(12)2)10-23-18(27)9-17-19(28)22-6-7-26(17)11-14-15(20)4-3-5-16(14)21/h3-5,8,17H,6-7,9-11H2,1-2H3,(H,22,28)(H,23,27)/t17-/m0/s1. The van der Waals surface area contributed by atoms with Crippen molar-refractivity contribution in [2.24, 2.45) is 7.05 Å². The molecule has 150 valence electrons. The van der Waals surface area contributed by atoms with Crippen molar-refractivity contribution < 1.29 is 14.0 Å². The number of halogens is 2. The van der Waals surface area contributed by atoms with Gasteiger partial charge in [-0.2, -0.15) is 5.10 Å². The van der Waals surface area contributed by atoms with Gasteiger partial charge in [-0.25, -0.2) is 4.39 Å². The third-order valence-electron chi connectivity index (χ3n) is 4.87. The van der Waals surface area contributed by atoms with Gasteiger partial charge in [-0.3, -0.25) is 19.2 Å². The number of rotatable bonds is 6. The molecule has 0 radical (unpaired) electrons. The molecule has 0 bridgehead atoms. The van der Waals surface area contributed by atoms with Crippen LogP contribution >= 0.6 is 11.6 Å². The second kappa shape index (κ2) is 8.70. The number of aromatic nitrogens is 2. The fourth-order valence-electron chi connectivity index (χ4n) is 3.22. The van der Waals surface area contributed by atoms with Crippen molar-refractivity contribution in [3.05, 3.63) is 52.1 Å². The van der Waals surface area contributed by atoms with Crippen LogP contribution in [0.3, 0.4) is 0 Å². The molecule has 28 heavy (non-hydrogen) atoms. The van der Waals surface area contributed by atoms with Crippen molar-refractivity contribution in [3.63, 3.8) is 0 Å². The molecular weight excluding hydrogens is 385 g/mol. The van der Waals surface area contributed by atoms with Crippen molar-refractivity contribution in [1.29, 1.82) is 0 Å². The van der Waals surface area contributed by atoms with E-state index in [4.69, 9.17) is 11.6 Å². The largest absolute Gasteiger partial charge is 0.353 e. The SMILES string of the molecule is Cc1cc(CNC(=O)C[C@H]2C(=O)NCCN2Cc2c(F)cccc2Cl)nn1C. The molecule has 1 aromatic heterocycles. The smallest absolute Gasteiger partial charge is 0.237 e. The molecule has 1 aromatic carbocycles. The van der Waals surface area contributed by atoms with Crippen molar-refractivity contribution in [2.75, 3.05) is 13.1 Å². The normalized spacial score (nSPS) is 17.4. The van der Waals surface area contributed by atoms with Gasteiger partial charge < -0.3 is 10.6 Å². The van der Waals surface area contributed by atoms with Crippen LogP contribution in [0.15, 0.2) is 24.3 Å². The molecule has 1 aliphatic heterocycles. The zero-order valence-electron chi connectivity index (χ0n) is 15.8. The second-order valence-corrected chi connectivity index (χ2v) is 7.27. The predicted molar refractivity (Wildman–Crippen MR) is 103 cm³/mol. The van der Waals surface area contributed by atoms with E-state index in [0.29, 0.717) is 23.7 Å². The van der Waals surface area contributed by atoms with Crippen LogP contribution in [-0.4, -0.2) is 45.6 Å². The number of amides is 2. The zero-order valence-corrected chi connectivity index (χ0v) is 16.6. The van der Waals surface area contributed by atoms with Crippen LogP contribution in [-0.2, 0) is 29.7 Å². The molecule has 1 fully saturated rings. The van der Waals surface area contributed by atoms with Gasteiger partial charge in [0.2, 0.25) is 11.8 Å². The topological polar surface area (TPSA) is 79.3 Å². The van der Waals surface area contributed by atoms with Gasteiger partial charge in [-0.15, -0.1) is 0 Å². The first-order valence-electron chi connectivity index (χ1n) is 9.06. The van der Waals surface area contributed by atoms with Crippen LogP contribution in [0.4, 0.5) is 4.39 Å². The highest BCUT2D eigenvalue weighted by molar-refractivity contribution is 6.31. The highest BCUT2D eigenvalue weighted by atomic mass is 35.5. The van der Waals surface area contributed by atoms with Gasteiger partial charge in [0.1, 0.15) is 5.82 Å². The van der Waals surface area contributed by atoms with E-state index in [9.17, 15) is 14.0 Å². The number of piperazine rings is 1. The first-order valence-corrected chi connectivity index (χ1v) is 9.44. The Bertz CT molecular complexity index is 845. The molecule has 1 aliphatic rings. The van der Waals surface area contributed by atoms with Gasteiger partial charge in [-0.05, 0) is 25.1 Å². The summed E-state index contributed by atoms with van der Waals surface area (Å²) < 4.78 is 15.9. The molecule has 1 atom stereocenters. The summed E-state index contributed by atoms with van der Waals surface area (Å²) in [6.07, 6.45) is -0.0241. The lowest BCUT2D eigenvalue weighted by molar-refractivity contribution is -0.134. The van der Waals surface area contributed by atoms with Gasteiger partial charge in [0.25, 0.3) is 0 Å². The lowest BCUT2D eigenvalue weighted by Crippen LogP contribution is -2.56. The summed E-state index contributed by atoms with van der Waals surface area (Å²) in [6.45, 7) is 3.32. The quantitative estimate of drug-likeness (QED) is 0.761. The Kier molecular flexibility index (Phi) is 6.31. The number of benzene rings is 1. The fourth-order valence-corrected chi connectivity index (χ4v) is 3.44. The average Bonchev–Trinajstić information content (AvgIpc) is 2.97. The molecule has 0 saturated carbocycles. The minimum absolute atomic E-state index is 0.0241. The summed E-state index contributed by atoms with van der Waals surface area (Å²) in [5.41, 5.74) is 2.06. The van der Waals surface area contributed by atoms with Crippen LogP contribution in [0.2, 0.25) is 5.02 Å². The first kappa shape index (κ1) is 20.3. The number of nitrogens with one attached hydrogen (secondary N) is 2. The monoisotopic (exact) mass is 407 g/mol. The maximum atomic E-state index is 14.1. The van der Waals surface area contributed by atoms with E-state index in [-0.39, 0.29) is 31.3 Å². The molecular formula is C19H23ClFN5O2. The number of hydrogen-bond acceptors (Lipinski definition) is 4. The van der Waals surface area contributed by atoms with Crippen LogP contribution in [0.25, 0.3) is 0 Å². The van der Waals surface area contributed by atoms with E-state index in [2.05, 4.69) is 15.7 Å². The Morgan fingerprint density at radius 2 is 2.25 bits per heavy atom. The zero-order chi connectivity index (χ0) is 20.3. The highest BCUT2D eigenvalue weighted by Gasteiger charge is 2.32. The van der Waals surface area contributed by atoms with Gasteiger partial charge in [-0.1, -0.05) is 17.7 Å². The Balaban J connectivity index is 1.65. The van der Waals surface area contributed by atoms with Crippen LogP contribution in [0, 0.1) is 12.7 Å². The van der Waals surface area contributed by atoms with Gasteiger partial charge in [0.15, 0.2) is 0 Å². The molecule has 7 nitrogen and oxygen atoms in total. The molecule has 0 aliphatic carbocycles. The number of hydrogen-bond donors (Lipinski definition) is 2. The van der Waals surface area contributed by atoms with Crippen molar-refractivity contribution in [1.82, 2.24) is 25.3 Å². The summed E-state index contributed by atoms with van der Waals surface area (Å²) in [5.74, 6) is -0.940. The molecule has 9 heteroatoms.